The molecule has 5 nitrogen and oxygen atoms in total. The van der Waals surface area contributed by atoms with E-state index in [2.05, 4.69) is 14.7 Å². The molecule has 0 saturated carbocycles. The maximum absolute atomic E-state index is 11.5. The number of methoxy groups -OCH3 is 2. The van der Waals surface area contributed by atoms with Gasteiger partial charge in [-0.15, -0.1) is 0 Å². The lowest BCUT2D eigenvalue weighted by Gasteiger charge is -2.06. The van der Waals surface area contributed by atoms with E-state index in [1.54, 1.807) is 0 Å². The van der Waals surface area contributed by atoms with Crippen LogP contribution in [0.3, 0.4) is 0 Å². The minimum Gasteiger partial charge on any atom is -0.481 e. The van der Waals surface area contributed by atoms with Crippen LogP contribution in [0.2, 0.25) is 0 Å². The Morgan fingerprint density at radius 3 is 2.44 bits per heavy atom. The average Bonchev–Trinajstić information content (AvgIpc) is 2.46. The monoisotopic (exact) mass is 244 g/mol. The zero-order chi connectivity index (χ0) is 13.0. The molecule has 0 aliphatic heterocycles. The Morgan fingerprint density at radius 2 is 1.83 bits per heavy atom. The molecule has 0 amide bonds. The minimum absolute atomic E-state index is 0.170. The highest BCUT2D eigenvalue weighted by molar-refractivity contribution is 5.88. The second-order valence-corrected chi connectivity index (χ2v) is 3.48. The van der Waals surface area contributed by atoms with E-state index >= 15 is 0 Å². The van der Waals surface area contributed by atoms with Gasteiger partial charge in [-0.2, -0.15) is 4.98 Å². The molecule has 1 aromatic carbocycles. The molecule has 0 radical (unpaired) electrons. The standard InChI is InChI=1S/C13H12N2O3/c1-17-11-8-10(13(16)18-2)14-12(15-11)9-6-4-3-5-7-9/h3-8H,1-2H3. The van der Waals surface area contributed by atoms with Gasteiger partial charge in [-0.3, -0.25) is 0 Å². The number of benzene rings is 1. The molecule has 0 saturated heterocycles. The summed E-state index contributed by atoms with van der Waals surface area (Å²) < 4.78 is 9.69. The van der Waals surface area contributed by atoms with Crippen molar-refractivity contribution < 1.29 is 14.3 Å². The van der Waals surface area contributed by atoms with Gasteiger partial charge in [0.15, 0.2) is 11.5 Å². The number of hydrogen-bond donors (Lipinski definition) is 0. The molecule has 0 fully saturated rings. The molecule has 0 bridgehead atoms. The van der Waals surface area contributed by atoms with E-state index in [4.69, 9.17) is 4.74 Å². The Hall–Kier alpha value is -2.43. The summed E-state index contributed by atoms with van der Waals surface area (Å²) in [5, 5.41) is 0. The zero-order valence-corrected chi connectivity index (χ0v) is 10.1. The summed E-state index contributed by atoms with van der Waals surface area (Å²) in [5.41, 5.74) is 0.977. The first-order valence-corrected chi connectivity index (χ1v) is 5.31. The van der Waals surface area contributed by atoms with E-state index in [1.807, 2.05) is 30.3 Å². The summed E-state index contributed by atoms with van der Waals surface area (Å²) in [4.78, 5) is 19.9. The normalized spacial score (nSPS) is 9.89. The van der Waals surface area contributed by atoms with E-state index in [9.17, 15) is 4.79 Å². The highest BCUT2D eigenvalue weighted by Crippen LogP contribution is 2.18. The van der Waals surface area contributed by atoms with Crippen molar-refractivity contribution in [1.29, 1.82) is 0 Å². The fraction of sp³-hybridized carbons (Fsp3) is 0.154. The van der Waals surface area contributed by atoms with Gasteiger partial charge in [-0.1, -0.05) is 30.3 Å². The number of ether oxygens (including phenoxy) is 2. The molecule has 5 heteroatoms. The van der Waals surface area contributed by atoms with Gasteiger partial charge >= 0.3 is 5.97 Å². The van der Waals surface area contributed by atoms with Crippen molar-refractivity contribution in [2.24, 2.45) is 0 Å². The third-order valence-electron chi connectivity index (χ3n) is 2.34. The third kappa shape index (κ3) is 2.45. The highest BCUT2D eigenvalue weighted by atomic mass is 16.5. The van der Waals surface area contributed by atoms with Gasteiger partial charge in [0.25, 0.3) is 0 Å². The zero-order valence-electron chi connectivity index (χ0n) is 10.1. The molecule has 0 atom stereocenters. The molecule has 2 rings (SSSR count). The molecule has 1 heterocycles. The topological polar surface area (TPSA) is 61.3 Å². The fourth-order valence-corrected chi connectivity index (χ4v) is 1.46. The van der Waals surface area contributed by atoms with Gasteiger partial charge in [0.2, 0.25) is 5.88 Å². The van der Waals surface area contributed by atoms with Crippen LogP contribution in [0, 0.1) is 0 Å². The number of aromatic nitrogens is 2. The van der Waals surface area contributed by atoms with Crippen LogP contribution in [0.25, 0.3) is 11.4 Å². The van der Waals surface area contributed by atoms with Gasteiger partial charge < -0.3 is 9.47 Å². The summed E-state index contributed by atoms with van der Waals surface area (Å²) in [7, 11) is 2.79. The number of rotatable bonds is 3. The maximum atomic E-state index is 11.5. The summed E-state index contributed by atoms with van der Waals surface area (Å²) in [6, 6.07) is 10.8. The van der Waals surface area contributed by atoms with Crippen LogP contribution in [-0.2, 0) is 4.74 Å². The third-order valence-corrected chi connectivity index (χ3v) is 2.34. The Labute approximate surface area is 104 Å². The van der Waals surface area contributed by atoms with Crippen LogP contribution in [0.1, 0.15) is 10.5 Å². The van der Waals surface area contributed by atoms with E-state index in [0.717, 1.165) is 5.56 Å². The molecule has 2 aromatic rings. The van der Waals surface area contributed by atoms with Crippen molar-refractivity contribution >= 4 is 5.97 Å². The summed E-state index contributed by atoms with van der Waals surface area (Å²) in [5.74, 6) is 0.229. The van der Waals surface area contributed by atoms with Gasteiger partial charge in [-0.05, 0) is 0 Å². The smallest absolute Gasteiger partial charge is 0.356 e. The van der Waals surface area contributed by atoms with Gasteiger partial charge in [0, 0.05) is 11.6 Å². The first-order chi connectivity index (χ1) is 8.74. The Morgan fingerprint density at radius 1 is 1.11 bits per heavy atom. The van der Waals surface area contributed by atoms with Crippen LogP contribution in [0.5, 0.6) is 5.88 Å². The molecule has 0 aliphatic rings. The lowest BCUT2D eigenvalue weighted by atomic mass is 10.2. The predicted molar refractivity (Wildman–Crippen MR) is 65.4 cm³/mol. The lowest BCUT2D eigenvalue weighted by Crippen LogP contribution is -2.07. The van der Waals surface area contributed by atoms with Crippen LogP contribution in [-0.4, -0.2) is 30.2 Å². The largest absolute Gasteiger partial charge is 0.481 e. The first-order valence-electron chi connectivity index (χ1n) is 5.31. The molecule has 0 unspecified atom stereocenters. The number of hydrogen-bond acceptors (Lipinski definition) is 5. The van der Waals surface area contributed by atoms with Gasteiger partial charge in [-0.25, -0.2) is 9.78 Å². The van der Waals surface area contributed by atoms with Crippen molar-refractivity contribution in [3.8, 4) is 17.3 Å². The fourth-order valence-electron chi connectivity index (χ4n) is 1.46. The second kappa shape index (κ2) is 5.27. The molecule has 18 heavy (non-hydrogen) atoms. The molecule has 0 N–H and O–H groups in total. The predicted octanol–water partition coefficient (Wildman–Crippen LogP) is 1.94. The molecular formula is C13H12N2O3. The quantitative estimate of drug-likeness (QED) is 0.772. The van der Waals surface area contributed by atoms with E-state index in [1.165, 1.54) is 20.3 Å². The minimum atomic E-state index is -0.520. The van der Waals surface area contributed by atoms with Gasteiger partial charge in [0.05, 0.1) is 14.2 Å². The summed E-state index contributed by atoms with van der Waals surface area (Å²) >= 11 is 0. The van der Waals surface area contributed by atoms with Gasteiger partial charge in [0.1, 0.15) is 0 Å². The second-order valence-electron chi connectivity index (χ2n) is 3.48. The average molecular weight is 244 g/mol. The van der Waals surface area contributed by atoms with Crippen LogP contribution < -0.4 is 4.74 Å². The summed E-state index contributed by atoms with van der Waals surface area (Å²) in [6.07, 6.45) is 0. The van der Waals surface area contributed by atoms with Crippen LogP contribution in [0.15, 0.2) is 36.4 Å². The number of carbonyl (C=O) groups is 1. The Kier molecular flexibility index (Phi) is 3.52. The van der Waals surface area contributed by atoms with E-state index < -0.39 is 5.97 Å². The lowest BCUT2D eigenvalue weighted by molar-refractivity contribution is 0.0593. The molecule has 92 valence electrons. The number of nitrogens with zero attached hydrogens (tertiary/aromatic N) is 2. The summed E-state index contributed by atoms with van der Waals surface area (Å²) in [6.45, 7) is 0. The number of carbonyl (C=O) groups excluding carboxylic acids is 1. The van der Waals surface area contributed by atoms with E-state index in [-0.39, 0.29) is 5.69 Å². The van der Waals surface area contributed by atoms with Crippen molar-refractivity contribution in [1.82, 2.24) is 9.97 Å². The Balaban J connectivity index is 2.51. The Bertz CT molecular complexity index is 555. The van der Waals surface area contributed by atoms with Crippen LogP contribution in [0.4, 0.5) is 0 Å². The van der Waals surface area contributed by atoms with Crippen LogP contribution >= 0.6 is 0 Å². The maximum Gasteiger partial charge on any atom is 0.356 e. The SMILES string of the molecule is COC(=O)c1cc(OC)nc(-c2ccccc2)n1. The molecular weight excluding hydrogens is 232 g/mol. The van der Waals surface area contributed by atoms with Crippen molar-refractivity contribution in [3.63, 3.8) is 0 Å². The molecule has 1 aromatic heterocycles. The first kappa shape index (κ1) is 12.0. The van der Waals surface area contributed by atoms with Crippen molar-refractivity contribution in [2.75, 3.05) is 14.2 Å². The van der Waals surface area contributed by atoms with Crippen molar-refractivity contribution in [2.45, 2.75) is 0 Å². The molecule has 0 spiro atoms. The number of esters is 1. The highest BCUT2D eigenvalue weighted by Gasteiger charge is 2.13. The van der Waals surface area contributed by atoms with Crippen molar-refractivity contribution in [3.05, 3.63) is 42.1 Å². The molecule has 0 aliphatic carbocycles. The van der Waals surface area contributed by atoms with E-state index in [0.29, 0.717) is 11.7 Å².